The summed E-state index contributed by atoms with van der Waals surface area (Å²) in [4.78, 5) is 36.9. The van der Waals surface area contributed by atoms with E-state index in [4.69, 9.17) is 9.47 Å². The van der Waals surface area contributed by atoms with E-state index in [9.17, 15) is 14.4 Å². The van der Waals surface area contributed by atoms with Gasteiger partial charge in [-0.15, -0.1) is 0 Å². The first kappa shape index (κ1) is 18.8. The van der Waals surface area contributed by atoms with Crippen LogP contribution in [-0.2, 0) is 14.3 Å². The van der Waals surface area contributed by atoms with Crippen molar-refractivity contribution in [2.24, 2.45) is 0 Å². The molecule has 1 aromatic carbocycles. The van der Waals surface area contributed by atoms with Crippen molar-refractivity contribution in [1.29, 1.82) is 0 Å². The number of rotatable bonds is 6. The lowest BCUT2D eigenvalue weighted by Crippen LogP contribution is -2.34. The Kier molecular flexibility index (Phi) is 6.67. The van der Waals surface area contributed by atoms with Crippen molar-refractivity contribution in [2.75, 3.05) is 19.8 Å². The van der Waals surface area contributed by atoms with Gasteiger partial charge in [-0.25, -0.2) is 0 Å². The van der Waals surface area contributed by atoms with Crippen molar-refractivity contribution in [3.05, 3.63) is 32.2 Å². The van der Waals surface area contributed by atoms with Crippen LogP contribution in [0.4, 0.5) is 4.79 Å². The average Bonchev–Trinajstić information content (AvgIpc) is 2.78. The van der Waals surface area contributed by atoms with E-state index in [0.29, 0.717) is 6.61 Å². The Morgan fingerprint density at radius 1 is 1.29 bits per heavy atom. The monoisotopic (exact) mass is 461 g/mol. The van der Waals surface area contributed by atoms with Gasteiger partial charge in [0.05, 0.1) is 21.7 Å². The fourth-order valence-electron chi connectivity index (χ4n) is 2.00. The minimum absolute atomic E-state index is 0.204. The third-order valence-electron chi connectivity index (χ3n) is 3.02. The van der Waals surface area contributed by atoms with Crippen LogP contribution in [0.15, 0.2) is 23.1 Å². The van der Waals surface area contributed by atoms with Crippen molar-refractivity contribution in [2.45, 2.75) is 13.8 Å². The number of imide groups is 1. The van der Waals surface area contributed by atoms with Crippen molar-refractivity contribution in [3.63, 3.8) is 0 Å². The van der Waals surface area contributed by atoms with Crippen LogP contribution in [0.2, 0.25) is 0 Å². The number of benzene rings is 1. The van der Waals surface area contributed by atoms with Crippen molar-refractivity contribution in [1.82, 2.24) is 4.90 Å². The Bertz CT molecular complexity index is 704. The highest BCUT2D eigenvalue weighted by molar-refractivity contribution is 14.1. The van der Waals surface area contributed by atoms with Crippen molar-refractivity contribution < 1.29 is 23.9 Å². The van der Waals surface area contributed by atoms with Gasteiger partial charge in [0.25, 0.3) is 11.1 Å². The zero-order valence-corrected chi connectivity index (χ0v) is 16.2. The smallest absolute Gasteiger partial charge is 0.326 e. The molecule has 6 nitrogen and oxygen atoms in total. The maximum Gasteiger partial charge on any atom is 0.326 e. The molecule has 0 saturated carbocycles. The standard InChI is InChI=1S/C16H16INO5S/c1-3-22-12-6-5-10(7-11(12)17)8-13-15(20)18(16(21)24-13)9-14(19)23-4-2/h5-8H,3-4,9H2,1-2H3/b13-8-. The molecule has 2 rings (SSSR count). The molecule has 0 atom stereocenters. The summed E-state index contributed by atoms with van der Waals surface area (Å²) in [6, 6.07) is 5.50. The zero-order chi connectivity index (χ0) is 17.7. The van der Waals surface area contributed by atoms with E-state index >= 15 is 0 Å². The molecular formula is C16H16INO5S. The maximum atomic E-state index is 12.3. The number of halogens is 1. The molecule has 24 heavy (non-hydrogen) atoms. The first-order chi connectivity index (χ1) is 11.5. The average molecular weight is 461 g/mol. The van der Waals surface area contributed by atoms with Gasteiger partial charge in [0.1, 0.15) is 12.3 Å². The summed E-state index contributed by atoms with van der Waals surface area (Å²) in [6.07, 6.45) is 1.63. The molecule has 0 aliphatic carbocycles. The van der Waals surface area contributed by atoms with Gasteiger partial charge in [-0.05, 0) is 72.0 Å². The van der Waals surface area contributed by atoms with Crippen LogP contribution in [0.1, 0.15) is 19.4 Å². The number of amides is 2. The molecule has 1 saturated heterocycles. The summed E-state index contributed by atoms with van der Waals surface area (Å²) < 4.78 is 11.2. The van der Waals surface area contributed by atoms with Crippen LogP contribution in [0.25, 0.3) is 6.08 Å². The maximum absolute atomic E-state index is 12.3. The van der Waals surface area contributed by atoms with Gasteiger partial charge < -0.3 is 9.47 Å². The molecule has 1 aliphatic rings. The number of nitrogens with zero attached hydrogens (tertiary/aromatic N) is 1. The lowest BCUT2D eigenvalue weighted by atomic mass is 10.2. The van der Waals surface area contributed by atoms with Gasteiger partial charge in [-0.1, -0.05) is 6.07 Å². The predicted octanol–water partition coefficient (Wildman–Crippen LogP) is 3.29. The summed E-state index contributed by atoms with van der Waals surface area (Å²) in [6.45, 7) is 3.98. The summed E-state index contributed by atoms with van der Waals surface area (Å²) in [7, 11) is 0. The second-order valence-electron chi connectivity index (χ2n) is 4.70. The van der Waals surface area contributed by atoms with Gasteiger partial charge in [-0.2, -0.15) is 0 Å². The third-order valence-corrected chi connectivity index (χ3v) is 4.77. The lowest BCUT2D eigenvalue weighted by molar-refractivity contribution is -0.145. The number of thioether (sulfide) groups is 1. The van der Waals surface area contributed by atoms with Crippen LogP contribution in [0.5, 0.6) is 5.75 Å². The molecule has 0 N–H and O–H groups in total. The Hall–Kier alpha value is -1.55. The molecule has 2 amide bonds. The molecule has 0 unspecified atom stereocenters. The Labute approximate surface area is 157 Å². The minimum atomic E-state index is -0.600. The molecule has 0 bridgehead atoms. The lowest BCUT2D eigenvalue weighted by Gasteiger charge is -2.10. The molecule has 128 valence electrons. The quantitative estimate of drug-likeness (QED) is 0.368. The molecule has 0 spiro atoms. The number of hydrogen-bond acceptors (Lipinski definition) is 6. The summed E-state index contributed by atoms with van der Waals surface area (Å²) in [5.41, 5.74) is 0.782. The van der Waals surface area contributed by atoms with Crippen LogP contribution in [-0.4, -0.2) is 41.8 Å². The van der Waals surface area contributed by atoms with Gasteiger partial charge in [-0.3, -0.25) is 19.3 Å². The van der Waals surface area contributed by atoms with E-state index in [2.05, 4.69) is 22.6 Å². The minimum Gasteiger partial charge on any atom is -0.493 e. The van der Waals surface area contributed by atoms with Gasteiger partial charge >= 0.3 is 5.97 Å². The molecule has 8 heteroatoms. The zero-order valence-electron chi connectivity index (χ0n) is 13.2. The first-order valence-corrected chi connectivity index (χ1v) is 9.19. The van der Waals surface area contributed by atoms with Crippen LogP contribution in [0, 0.1) is 3.57 Å². The number of ether oxygens (including phenoxy) is 2. The summed E-state index contributed by atoms with van der Waals surface area (Å²) >= 11 is 2.96. The van der Waals surface area contributed by atoms with E-state index < -0.39 is 17.1 Å². The highest BCUT2D eigenvalue weighted by Crippen LogP contribution is 2.33. The van der Waals surface area contributed by atoms with E-state index in [-0.39, 0.29) is 18.1 Å². The molecule has 1 fully saturated rings. The second kappa shape index (κ2) is 8.52. The summed E-state index contributed by atoms with van der Waals surface area (Å²) in [5.74, 6) is -0.315. The third kappa shape index (κ3) is 4.50. The molecular weight excluding hydrogens is 445 g/mol. The normalized spacial score (nSPS) is 16.0. The highest BCUT2D eigenvalue weighted by Gasteiger charge is 2.36. The molecule has 1 aromatic rings. The van der Waals surface area contributed by atoms with Crippen LogP contribution in [0.3, 0.4) is 0 Å². The molecule has 1 aliphatic heterocycles. The first-order valence-electron chi connectivity index (χ1n) is 7.29. The predicted molar refractivity (Wildman–Crippen MR) is 99.6 cm³/mol. The molecule has 0 radical (unpaired) electrons. The second-order valence-corrected chi connectivity index (χ2v) is 6.85. The molecule has 0 aromatic heterocycles. The Morgan fingerprint density at radius 2 is 2.04 bits per heavy atom. The fraction of sp³-hybridized carbons (Fsp3) is 0.312. The van der Waals surface area contributed by atoms with E-state index in [0.717, 1.165) is 31.5 Å². The van der Waals surface area contributed by atoms with Gasteiger partial charge in [0.15, 0.2) is 0 Å². The van der Waals surface area contributed by atoms with Crippen LogP contribution >= 0.6 is 34.4 Å². The van der Waals surface area contributed by atoms with Crippen LogP contribution < -0.4 is 4.74 Å². The fourth-order valence-corrected chi connectivity index (χ4v) is 3.54. The van der Waals surface area contributed by atoms with E-state index in [1.807, 2.05) is 25.1 Å². The SMILES string of the molecule is CCOC(=O)CN1C(=O)S/C(=C\c2ccc(OCC)c(I)c2)C1=O. The van der Waals surface area contributed by atoms with E-state index in [1.165, 1.54) is 0 Å². The number of carbonyl (C=O) groups is 3. The number of hydrogen-bond donors (Lipinski definition) is 0. The number of esters is 1. The number of carbonyl (C=O) groups excluding carboxylic acids is 3. The largest absolute Gasteiger partial charge is 0.493 e. The molecule has 1 heterocycles. The van der Waals surface area contributed by atoms with Gasteiger partial charge in [0.2, 0.25) is 0 Å². The van der Waals surface area contributed by atoms with E-state index in [1.54, 1.807) is 13.0 Å². The topological polar surface area (TPSA) is 72.9 Å². The van der Waals surface area contributed by atoms with Crippen molar-refractivity contribution in [3.8, 4) is 5.75 Å². The summed E-state index contributed by atoms with van der Waals surface area (Å²) in [5, 5.41) is -0.472. The Morgan fingerprint density at radius 3 is 2.67 bits per heavy atom. The van der Waals surface area contributed by atoms with Gasteiger partial charge in [0, 0.05) is 0 Å². The highest BCUT2D eigenvalue weighted by atomic mass is 127. The Balaban J connectivity index is 2.16. The van der Waals surface area contributed by atoms with Crippen molar-refractivity contribution >= 4 is 57.5 Å².